The third-order valence-electron chi connectivity index (χ3n) is 3.67. The molecule has 2 N–H and O–H groups in total. The number of carbonyl (C=O) groups excluding carboxylic acids is 1. The Balaban J connectivity index is 1.77. The fourth-order valence-electron chi connectivity index (χ4n) is 2.45. The van der Waals surface area contributed by atoms with Crippen LogP contribution in [0.3, 0.4) is 0 Å². The van der Waals surface area contributed by atoms with Gasteiger partial charge in [0, 0.05) is 11.8 Å². The van der Waals surface area contributed by atoms with Crippen LogP contribution in [-0.2, 0) is 0 Å². The van der Waals surface area contributed by atoms with E-state index < -0.39 is 5.91 Å². The molecule has 0 unspecified atom stereocenters. The monoisotopic (exact) mass is 347 g/mol. The van der Waals surface area contributed by atoms with Crippen LogP contribution >= 0.6 is 11.3 Å². The van der Waals surface area contributed by atoms with Crippen molar-refractivity contribution in [3.63, 3.8) is 0 Å². The Kier molecular flexibility index (Phi) is 3.83. The van der Waals surface area contributed by atoms with Gasteiger partial charge in [-0.05, 0) is 47.8 Å². The molecule has 0 saturated carbocycles. The second kappa shape index (κ2) is 6.29. The Hall–Kier alpha value is -3.32. The molecule has 0 spiro atoms. The highest BCUT2D eigenvalue weighted by atomic mass is 32.1. The van der Waals surface area contributed by atoms with Gasteiger partial charge in [-0.2, -0.15) is 0 Å². The van der Waals surface area contributed by atoms with E-state index in [9.17, 15) is 4.79 Å². The SMILES string of the molecule is NC(=O)c1ccc(N=Nc2c(-c3cccs3)nc3ccccn23)cc1. The average Bonchev–Trinajstić information content (AvgIpc) is 3.28. The summed E-state index contributed by atoms with van der Waals surface area (Å²) in [6.07, 6.45) is 1.91. The van der Waals surface area contributed by atoms with E-state index in [-0.39, 0.29) is 0 Å². The number of amides is 1. The Morgan fingerprint density at radius 1 is 1.04 bits per heavy atom. The first kappa shape index (κ1) is 15.2. The molecular formula is C18H13N5OS. The number of primary amides is 1. The molecule has 1 aromatic carbocycles. The predicted molar refractivity (Wildman–Crippen MR) is 97.6 cm³/mol. The van der Waals surface area contributed by atoms with Gasteiger partial charge in [0.1, 0.15) is 11.3 Å². The van der Waals surface area contributed by atoms with Gasteiger partial charge in [0.25, 0.3) is 0 Å². The summed E-state index contributed by atoms with van der Waals surface area (Å²) in [6.45, 7) is 0. The predicted octanol–water partition coefficient (Wildman–Crippen LogP) is 4.58. The summed E-state index contributed by atoms with van der Waals surface area (Å²) in [5.41, 5.74) is 7.92. The average molecular weight is 347 g/mol. The van der Waals surface area contributed by atoms with E-state index in [0.717, 1.165) is 16.2 Å². The molecular weight excluding hydrogens is 334 g/mol. The van der Waals surface area contributed by atoms with E-state index in [1.807, 2.05) is 46.3 Å². The number of carbonyl (C=O) groups is 1. The normalized spacial score (nSPS) is 11.4. The van der Waals surface area contributed by atoms with Crippen molar-refractivity contribution in [1.82, 2.24) is 9.38 Å². The summed E-state index contributed by atoms with van der Waals surface area (Å²) in [5, 5.41) is 10.7. The molecule has 122 valence electrons. The quantitative estimate of drug-likeness (QED) is 0.548. The van der Waals surface area contributed by atoms with Crippen LogP contribution in [-0.4, -0.2) is 15.3 Å². The minimum absolute atomic E-state index is 0.438. The Labute approximate surface area is 147 Å². The van der Waals surface area contributed by atoms with Crippen molar-refractivity contribution in [2.75, 3.05) is 0 Å². The second-order valence-corrected chi connectivity index (χ2v) is 6.25. The number of rotatable bonds is 4. The van der Waals surface area contributed by atoms with Crippen molar-refractivity contribution in [3.05, 3.63) is 71.7 Å². The van der Waals surface area contributed by atoms with Gasteiger partial charge in [-0.15, -0.1) is 21.6 Å². The molecule has 4 rings (SSSR count). The Bertz CT molecular complexity index is 1060. The van der Waals surface area contributed by atoms with Crippen LogP contribution in [0.5, 0.6) is 0 Å². The molecule has 0 aliphatic heterocycles. The van der Waals surface area contributed by atoms with E-state index in [0.29, 0.717) is 17.1 Å². The summed E-state index contributed by atoms with van der Waals surface area (Å²) in [6, 6.07) is 16.4. The molecule has 0 bridgehead atoms. The van der Waals surface area contributed by atoms with E-state index in [4.69, 9.17) is 5.73 Å². The first-order valence-corrected chi connectivity index (χ1v) is 8.43. The highest BCUT2D eigenvalue weighted by Gasteiger charge is 2.14. The van der Waals surface area contributed by atoms with Crippen molar-refractivity contribution in [2.45, 2.75) is 0 Å². The van der Waals surface area contributed by atoms with Gasteiger partial charge < -0.3 is 5.73 Å². The molecule has 0 aliphatic rings. The molecule has 0 radical (unpaired) electrons. The number of benzene rings is 1. The van der Waals surface area contributed by atoms with Crippen LogP contribution in [0.2, 0.25) is 0 Å². The van der Waals surface area contributed by atoms with Crippen LogP contribution in [0.1, 0.15) is 10.4 Å². The van der Waals surface area contributed by atoms with E-state index in [1.165, 1.54) is 0 Å². The molecule has 25 heavy (non-hydrogen) atoms. The summed E-state index contributed by atoms with van der Waals surface area (Å²) < 4.78 is 1.90. The summed E-state index contributed by atoms with van der Waals surface area (Å²) in [5.74, 6) is 0.197. The number of nitrogens with two attached hydrogens (primary N) is 1. The standard InChI is InChI=1S/C18H13N5OS/c19-17(24)12-6-8-13(9-7-12)21-22-18-16(14-4-3-11-25-14)20-15-5-1-2-10-23(15)18/h1-11H,(H2,19,24). The highest BCUT2D eigenvalue weighted by Crippen LogP contribution is 2.34. The maximum Gasteiger partial charge on any atom is 0.248 e. The fraction of sp³-hybridized carbons (Fsp3) is 0. The zero-order valence-corrected chi connectivity index (χ0v) is 13.9. The van der Waals surface area contributed by atoms with Gasteiger partial charge >= 0.3 is 0 Å². The number of hydrogen-bond acceptors (Lipinski definition) is 5. The molecule has 3 aromatic heterocycles. The fourth-order valence-corrected chi connectivity index (χ4v) is 3.16. The first-order valence-electron chi connectivity index (χ1n) is 7.55. The lowest BCUT2D eigenvalue weighted by Crippen LogP contribution is -2.10. The first-order chi connectivity index (χ1) is 12.2. The van der Waals surface area contributed by atoms with Crippen molar-refractivity contribution in [1.29, 1.82) is 0 Å². The number of thiophene rings is 1. The molecule has 0 aliphatic carbocycles. The summed E-state index contributed by atoms with van der Waals surface area (Å²) >= 11 is 1.60. The topological polar surface area (TPSA) is 85.1 Å². The molecule has 6 nitrogen and oxygen atoms in total. The minimum Gasteiger partial charge on any atom is -0.366 e. The van der Waals surface area contributed by atoms with Crippen LogP contribution in [0.25, 0.3) is 16.2 Å². The van der Waals surface area contributed by atoms with Gasteiger partial charge in [-0.25, -0.2) is 4.98 Å². The van der Waals surface area contributed by atoms with E-state index >= 15 is 0 Å². The van der Waals surface area contributed by atoms with Crippen LogP contribution < -0.4 is 5.73 Å². The lowest BCUT2D eigenvalue weighted by molar-refractivity contribution is 0.100. The number of nitrogens with zero attached hydrogens (tertiary/aromatic N) is 4. The zero-order valence-electron chi connectivity index (χ0n) is 13.0. The second-order valence-electron chi connectivity index (χ2n) is 5.30. The molecule has 0 atom stereocenters. The third kappa shape index (κ3) is 2.92. The zero-order chi connectivity index (χ0) is 17.2. The smallest absolute Gasteiger partial charge is 0.248 e. The van der Waals surface area contributed by atoms with Gasteiger partial charge in [0.05, 0.1) is 10.6 Å². The number of azo groups is 1. The van der Waals surface area contributed by atoms with Gasteiger partial charge in [-0.3, -0.25) is 9.20 Å². The lowest BCUT2D eigenvalue weighted by Gasteiger charge is -1.98. The van der Waals surface area contributed by atoms with Crippen LogP contribution in [0.4, 0.5) is 11.5 Å². The largest absolute Gasteiger partial charge is 0.366 e. The summed E-state index contributed by atoms with van der Waals surface area (Å²) in [4.78, 5) is 16.8. The van der Waals surface area contributed by atoms with Gasteiger partial charge in [0.15, 0.2) is 5.82 Å². The number of pyridine rings is 1. The van der Waals surface area contributed by atoms with E-state index in [1.54, 1.807) is 35.6 Å². The maximum absolute atomic E-state index is 11.1. The molecule has 0 saturated heterocycles. The van der Waals surface area contributed by atoms with Crippen molar-refractivity contribution >= 4 is 34.4 Å². The van der Waals surface area contributed by atoms with Crippen molar-refractivity contribution in [3.8, 4) is 10.6 Å². The molecule has 7 heteroatoms. The van der Waals surface area contributed by atoms with Crippen molar-refractivity contribution in [2.24, 2.45) is 16.0 Å². The van der Waals surface area contributed by atoms with Crippen LogP contribution in [0.15, 0.2) is 76.4 Å². The molecule has 3 heterocycles. The van der Waals surface area contributed by atoms with Crippen molar-refractivity contribution < 1.29 is 4.79 Å². The molecule has 4 aromatic rings. The summed E-state index contributed by atoms with van der Waals surface area (Å²) in [7, 11) is 0. The number of hydrogen-bond donors (Lipinski definition) is 1. The van der Waals surface area contributed by atoms with Crippen LogP contribution in [0, 0.1) is 0 Å². The highest BCUT2D eigenvalue weighted by molar-refractivity contribution is 7.13. The number of fused-ring (bicyclic) bond motifs is 1. The molecule has 1 amide bonds. The maximum atomic E-state index is 11.1. The van der Waals surface area contributed by atoms with Gasteiger partial charge in [-0.1, -0.05) is 12.1 Å². The Morgan fingerprint density at radius 3 is 2.60 bits per heavy atom. The number of imidazole rings is 1. The third-order valence-corrected chi connectivity index (χ3v) is 4.55. The van der Waals surface area contributed by atoms with Gasteiger partial charge in [0.2, 0.25) is 5.91 Å². The minimum atomic E-state index is -0.467. The Morgan fingerprint density at radius 2 is 1.88 bits per heavy atom. The molecule has 0 fully saturated rings. The van der Waals surface area contributed by atoms with E-state index in [2.05, 4.69) is 15.2 Å². The lowest BCUT2D eigenvalue weighted by atomic mass is 10.2. The number of aromatic nitrogens is 2.